The number of carbonyl (C=O) groups excluding carboxylic acids is 3. The highest BCUT2D eigenvalue weighted by Crippen LogP contribution is 2.23. The number of amides is 3. The summed E-state index contributed by atoms with van der Waals surface area (Å²) in [5.41, 5.74) is 0.220. The molecule has 0 unspecified atom stereocenters. The summed E-state index contributed by atoms with van der Waals surface area (Å²) < 4.78 is 5.49. The van der Waals surface area contributed by atoms with E-state index in [1.165, 1.54) is 24.9 Å². The number of hydrogen-bond donors (Lipinski definition) is 2. The van der Waals surface area contributed by atoms with E-state index in [1.54, 1.807) is 0 Å². The second kappa shape index (κ2) is 8.77. The van der Waals surface area contributed by atoms with Crippen LogP contribution in [0.5, 0.6) is 0 Å². The molecule has 1 aliphatic rings. The van der Waals surface area contributed by atoms with Gasteiger partial charge in [-0.05, 0) is 40.8 Å². The van der Waals surface area contributed by atoms with Gasteiger partial charge in [-0.25, -0.2) is 9.59 Å². The number of nitrogens with one attached hydrogen (secondary N) is 2. The molecule has 0 bridgehead atoms. The molecule has 24 heavy (non-hydrogen) atoms. The Labute approximate surface area is 148 Å². The van der Waals surface area contributed by atoms with Crippen LogP contribution in [0.25, 0.3) is 0 Å². The Balaban J connectivity index is 1.74. The number of esters is 1. The van der Waals surface area contributed by atoms with Crippen LogP contribution in [0, 0.1) is 5.92 Å². The number of carbonyl (C=O) groups is 3. The second-order valence-corrected chi connectivity index (χ2v) is 6.77. The van der Waals surface area contributed by atoms with Crippen molar-refractivity contribution in [3.8, 4) is 0 Å². The average Bonchev–Trinajstić information content (AvgIpc) is 2.54. The molecule has 2 N–H and O–H groups in total. The molecule has 2 atom stereocenters. The highest BCUT2D eigenvalue weighted by atomic mass is 79.9. The van der Waals surface area contributed by atoms with Crippen molar-refractivity contribution in [2.45, 2.75) is 38.6 Å². The van der Waals surface area contributed by atoms with Crippen LogP contribution in [0.2, 0.25) is 0 Å². The van der Waals surface area contributed by atoms with Crippen LogP contribution in [0.1, 0.15) is 43.0 Å². The van der Waals surface area contributed by atoms with Crippen LogP contribution in [0.4, 0.5) is 4.79 Å². The Hall–Kier alpha value is -1.96. The zero-order valence-electron chi connectivity index (χ0n) is 13.4. The summed E-state index contributed by atoms with van der Waals surface area (Å²) in [5, 5.41) is 4.97. The first-order valence-corrected chi connectivity index (χ1v) is 8.63. The largest absolute Gasteiger partial charge is 0.452 e. The fraction of sp³-hybridized carbons (Fsp3) is 0.500. The van der Waals surface area contributed by atoms with Gasteiger partial charge in [-0.3, -0.25) is 15.1 Å². The molecule has 1 fully saturated rings. The van der Waals surface area contributed by atoms with Crippen molar-refractivity contribution in [1.82, 2.24) is 15.6 Å². The molecule has 1 aliphatic carbocycles. The lowest BCUT2D eigenvalue weighted by Crippen LogP contribution is -2.48. The standard InChI is InChI=1S/C16H20BrN3O4/c1-10-4-2-3-5-13(10)19-16(23)20-14(21)9-24-15(22)11-6-12(17)8-18-7-11/h6-8,10,13H,2-5,9H2,1H3,(H2,19,20,21,23)/t10-,13+/m0/s1. The highest BCUT2D eigenvalue weighted by Gasteiger charge is 2.23. The van der Waals surface area contributed by atoms with Crippen LogP contribution in [-0.4, -0.2) is 35.5 Å². The van der Waals surface area contributed by atoms with Crippen molar-refractivity contribution < 1.29 is 19.1 Å². The molecule has 0 radical (unpaired) electrons. The maximum atomic E-state index is 11.8. The molecule has 1 aromatic rings. The van der Waals surface area contributed by atoms with Gasteiger partial charge in [0.25, 0.3) is 5.91 Å². The zero-order chi connectivity index (χ0) is 17.5. The van der Waals surface area contributed by atoms with E-state index in [4.69, 9.17) is 4.74 Å². The molecular formula is C16H20BrN3O4. The predicted molar refractivity (Wildman–Crippen MR) is 90.3 cm³/mol. The molecule has 0 aliphatic heterocycles. The van der Waals surface area contributed by atoms with Gasteiger partial charge >= 0.3 is 12.0 Å². The summed E-state index contributed by atoms with van der Waals surface area (Å²) in [6.07, 6.45) is 7.08. The van der Waals surface area contributed by atoms with E-state index in [9.17, 15) is 14.4 Å². The van der Waals surface area contributed by atoms with E-state index in [-0.39, 0.29) is 11.6 Å². The van der Waals surface area contributed by atoms with E-state index >= 15 is 0 Å². The normalized spacial score (nSPS) is 20.1. The van der Waals surface area contributed by atoms with Crippen molar-refractivity contribution in [1.29, 1.82) is 0 Å². The Kier molecular flexibility index (Phi) is 6.72. The van der Waals surface area contributed by atoms with Gasteiger partial charge in [-0.1, -0.05) is 19.8 Å². The molecule has 0 saturated heterocycles. The number of urea groups is 1. The lowest BCUT2D eigenvalue weighted by atomic mass is 9.86. The summed E-state index contributed by atoms with van der Waals surface area (Å²) >= 11 is 3.19. The minimum atomic E-state index is -0.680. The molecule has 2 rings (SSSR count). The lowest BCUT2D eigenvalue weighted by Gasteiger charge is -2.29. The van der Waals surface area contributed by atoms with E-state index in [0.717, 1.165) is 19.3 Å². The van der Waals surface area contributed by atoms with Crippen molar-refractivity contribution in [3.63, 3.8) is 0 Å². The number of nitrogens with zero attached hydrogens (tertiary/aromatic N) is 1. The number of imide groups is 1. The van der Waals surface area contributed by atoms with Crippen molar-refractivity contribution in [2.75, 3.05) is 6.61 Å². The van der Waals surface area contributed by atoms with Crippen LogP contribution in [0.15, 0.2) is 22.9 Å². The number of aromatic nitrogens is 1. The van der Waals surface area contributed by atoms with Crippen molar-refractivity contribution in [3.05, 3.63) is 28.5 Å². The maximum Gasteiger partial charge on any atom is 0.340 e. The van der Waals surface area contributed by atoms with Gasteiger partial charge in [0, 0.05) is 22.9 Å². The Morgan fingerprint density at radius 1 is 1.29 bits per heavy atom. The van der Waals surface area contributed by atoms with Crippen LogP contribution in [-0.2, 0) is 9.53 Å². The summed E-state index contributed by atoms with van der Waals surface area (Å²) in [7, 11) is 0. The third kappa shape index (κ3) is 5.59. The van der Waals surface area contributed by atoms with E-state index in [2.05, 4.69) is 38.5 Å². The molecule has 1 heterocycles. The minimum absolute atomic E-state index is 0.0712. The van der Waals surface area contributed by atoms with Gasteiger partial charge in [0.1, 0.15) is 0 Å². The fourth-order valence-electron chi connectivity index (χ4n) is 2.64. The third-order valence-electron chi connectivity index (χ3n) is 3.96. The maximum absolute atomic E-state index is 11.8. The Morgan fingerprint density at radius 2 is 2.04 bits per heavy atom. The highest BCUT2D eigenvalue weighted by molar-refractivity contribution is 9.10. The third-order valence-corrected chi connectivity index (χ3v) is 4.39. The molecule has 0 spiro atoms. The van der Waals surface area contributed by atoms with Gasteiger partial charge in [0.2, 0.25) is 0 Å². The van der Waals surface area contributed by atoms with Gasteiger partial charge in [-0.2, -0.15) is 0 Å². The van der Waals surface area contributed by atoms with Crippen LogP contribution >= 0.6 is 15.9 Å². The molecular weight excluding hydrogens is 378 g/mol. The predicted octanol–water partition coefficient (Wildman–Crippen LogP) is 2.41. The molecule has 3 amide bonds. The summed E-state index contributed by atoms with van der Waals surface area (Å²) in [6, 6.07) is 1.05. The number of hydrogen-bond acceptors (Lipinski definition) is 5. The Morgan fingerprint density at radius 3 is 2.75 bits per heavy atom. The summed E-state index contributed by atoms with van der Waals surface area (Å²) in [4.78, 5) is 39.2. The molecule has 0 aromatic carbocycles. The zero-order valence-corrected chi connectivity index (χ0v) is 15.0. The van der Waals surface area contributed by atoms with Gasteiger partial charge in [0.15, 0.2) is 6.61 Å². The van der Waals surface area contributed by atoms with Crippen molar-refractivity contribution in [2.24, 2.45) is 5.92 Å². The van der Waals surface area contributed by atoms with Crippen molar-refractivity contribution >= 4 is 33.8 Å². The number of rotatable bonds is 4. The lowest BCUT2D eigenvalue weighted by molar-refractivity contribution is -0.123. The summed E-state index contributed by atoms with van der Waals surface area (Å²) in [6.45, 7) is 1.55. The van der Waals surface area contributed by atoms with Crippen LogP contribution < -0.4 is 10.6 Å². The molecule has 130 valence electrons. The number of pyridine rings is 1. The monoisotopic (exact) mass is 397 g/mol. The number of halogens is 1. The van der Waals surface area contributed by atoms with Gasteiger partial charge in [-0.15, -0.1) is 0 Å². The minimum Gasteiger partial charge on any atom is -0.452 e. The quantitative estimate of drug-likeness (QED) is 0.760. The first kappa shape index (κ1) is 18.4. The fourth-order valence-corrected chi connectivity index (χ4v) is 3.00. The number of ether oxygens (including phenoxy) is 1. The SMILES string of the molecule is C[C@H]1CCCC[C@H]1NC(=O)NC(=O)COC(=O)c1cncc(Br)c1. The first-order chi connectivity index (χ1) is 11.5. The molecule has 7 nitrogen and oxygen atoms in total. The molecule has 1 saturated carbocycles. The average molecular weight is 398 g/mol. The Bertz CT molecular complexity index is 623. The van der Waals surface area contributed by atoms with E-state index in [0.29, 0.717) is 10.4 Å². The molecule has 1 aromatic heterocycles. The molecule has 8 heteroatoms. The second-order valence-electron chi connectivity index (χ2n) is 5.86. The van der Waals surface area contributed by atoms with Crippen LogP contribution in [0.3, 0.4) is 0 Å². The smallest absolute Gasteiger partial charge is 0.340 e. The van der Waals surface area contributed by atoms with E-state index in [1.807, 2.05) is 0 Å². The van der Waals surface area contributed by atoms with Gasteiger partial charge < -0.3 is 10.1 Å². The summed E-state index contributed by atoms with van der Waals surface area (Å²) in [5.74, 6) is -0.964. The van der Waals surface area contributed by atoms with E-state index < -0.39 is 24.5 Å². The topological polar surface area (TPSA) is 97.4 Å². The first-order valence-electron chi connectivity index (χ1n) is 7.83. The van der Waals surface area contributed by atoms with Gasteiger partial charge in [0.05, 0.1) is 5.56 Å².